The van der Waals surface area contributed by atoms with Crippen molar-refractivity contribution in [3.63, 3.8) is 0 Å². The summed E-state index contributed by atoms with van der Waals surface area (Å²) in [5, 5.41) is 9.60. The molecule has 2 aromatic carbocycles. The molecule has 33 heavy (non-hydrogen) atoms. The molecule has 0 aliphatic carbocycles. The molecule has 168 valence electrons. The van der Waals surface area contributed by atoms with Crippen LogP contribution < -0.4 is 10.6 Å². The van der Waals surface area contributed by atoms with Crippen LogP contribution in [0.3, 0.4) is 0 Å². The largest absolute Gasteiger partial charge is 0.416 e. The number of nitrogens with zero attached hydrogens (tertiary/aromatic N) is 3. The summed E-state index contributed by atoms with van der Waals surface area (Å²) in [6.07, 6.45) is -1.57. The van der Waals surface area contributed by atoms with Crippen molar-refractivity contribution in [1.29, 1.82) is 0 Å². The van der Waals surface area contributed by atoms with Gasteiger partial charge in [0.25, 0.3) is 11.8 Å². The van der Waals surface area contributed by atoms with Gasteiger partial charge in [0, 0.05) is 29.6 Å². The predicted octanol–water partition coefficient (Wildman–Crippen LogP) is 4.42. The van der Waals surface area contributed by atoms with Crippen molar-refractivity contribution < 1.29 is 22.8 Å². The van der Waals surface area contributed by atoms with E-state index in [1.165, 1.54) is 22.8 Å². The van der Waals surface area contributed by atoms with Crippen molar-refractivity contribution in [2.24, 2.45) is 0 Å². The van der Waals surface area contributed by atoms with Gasteiger partial charge in [-0.15, -0.1) is 0 Å². The monoisotopic (exact) mass is 453 g/mol. The van der Waals surface area contributed by atoms with Gasteiger partial charge >= 0.3 is 6.18 Å². The zero-order valence-corrected chi connectivity index (χ0v) is 17.3. The lowest BCUT2D eigenvalue weighted by molar-refractivity contribution is -0.137. The van der Waals surface area contributed by atoms with Gasteiger partial charge in [0.1, 0.15) is 5.56 Å². The van der Waals surface area contributed by atoms with Crippen molar-refractivity contribution in [3.05, 3.63) is 83.7 Å². The van der Waals surface area contributed by atoms with Gasteiger partial charge in [-0.25, -0.2) is 9.50 Å². The fraction of sp³-hybridized carbons (Fsp3) is 0.130. The van der Waals surface area contributed by atoms with Gasteiger partial charge in [0.05, 0.1) is 17.5 Å². The fourth-order valence-corrected chi connectivity index (χ4v) is 3.32. The van der Waals surface area contributed by atoms with E-state index < -0.39 is 17.6 Å². The van der Waals surface area contributed by atoms with Gasteiger partial charge in [-0.2, -0.15) is 18.3 Å². The van der Waals surface area contributed by atoms with Gasteiger partial charge in [-0.1, -0.05) is 18.2 Å². The molecule has 0 spiro atoms. The van der Waals surface area contributed by atoms with Crippen LogP contribution in [0.15, 0.2) is 67.0 Å². The van der Waals surface area contributed by atoms with Gasteiger partial charge in [-0.05, 0) is 43.3 Å². The first kappa shape index (κ1) is 22.0. The van der Waals surface area contributed by atoms with Gasteiger partial charge in [0.15, 0.2) is 5.65 Å². The number of fused-ring (bicyclic) bond motifs is 1. The van der Waals surface area contributed by atoms with Crippen molar-refractivity contribution in [2.75, 3.05) is 11.9 Å². The van der Waals surface area contributed by atoms with E-state index in [0.717, 1.165) is 12.1 Å². The maximum atomic E-state index is 13.0. The van der Waals surface area contributed by atoms with Crippen molar-refractivity contribution in [3.8, 4) is 11.3 Å². The lowest BCUT2D eigenvalue weighted by Gasteiger charge is -2.11. The van der Waals surface area contributed by atoms with Crippen LogP contribution in [0.2, 0.25) is 0 Å². The number of anilines is 1. The maximum Gasteiger partial charge on any atom is 0.416 e. The second-order valence-corrected chi connectivity index (χ2v) is 7.10. The number of carbonyl (C=O) groups is 2. The molecule has 0 bridgehead atoms. The Hall–Kier alpha value is -4.21. The molecular weight excluding hydrogens is 435 g/mol. The number of rotatable bonds is 5. The van der Waals surface area contributed by atoms with Crippen LogP contribution in [0.25, 0.3) is 16.9 Å². The molecule has 4 rings (SSSR count). The Kier molecular flexibility index (Phi) is 5.82. The predicted molar refractivity (Wildman–Crippen MR) is 116 cm³/mol. The van der Waals surface area contributed by atoms with Crippen LogP contribution in [0.5, 0.6) is 0 Å². The van der Waals surface area contributed by atoms with Crippen LogP contribution in [0, 0.1) is 0 Å². The first-order valence-electron chi connectivity index (χ1n) is 9.98. The van der Waals surface area contributed by atoms with E-state index in [1.54, 1.807) is 36.5 Å². The van der Waals surface area contributed by atoms with Gasteiger partial charge < -0.3 is 10.6 Å². The summed E-state index contributed by atoms with van der Waals surface area (Å²) in [5.74, 6) is -0.963. The molecule has 0 saturated heterocycles. The second-order valence-electron chi connectivity index (χ2n) is 7.10. The van der Waals surface area contributed by atoms with E-state index in [0.29, 0.717) is 34.7 Å². The maximum absolute atomic E-state index is 13.0. The van der Waals surface area contributed by atoms with E-state index in [9.17, 15) is 22.8 Å². The average molecular weight is 453 g/mol. The second kappa shape index (κ2) is 8.73. The number of carbonyl (C=O) groups excluding carboxylic acids is 2. The molecule has 4 aromatic rings. The quantitative estimate of drug-likeness (QED) is 0.468. The van der Waals surface area contributed by atoms with Crippen LogP contribution in [0.4, 0.5) is 18.9 Å². The highest BCUT2D eigenvalue weighted by Crippen LogP contribution is 2.30. The number of amides is 2. The van der Waals surface area contributed by atoms with Crippen LogP contribution in [-0.4, -0.2) is 33.0 Å². The molecule has 10 heteroatoms. The number of alkyl halides is 3. The zero-order valence-electron chi connectivity index (χ0n) is 17.3. The first-order valence-corrected chi connectivity index (χ1v) is 9.98. The third-order valence-electron chi connectivity index (χ3n) is 4.85. The lowest BCUT2D eigenvalue weighted by Crippen LogP contribution is -2.22. The first-order chi connectivity index (χ1) is 15.8. The average Bonchev–Trinajstić information content (AvgIpc) is 3.23. The summed E-state index contributed by atoms with van der Waals surface area (Å²) in [7, 11) is 0. The number of halogens is 3. The third kappa shape index (κ3) is 4.54. The Labute approximate surface area is 186 Å². The fourth-order valence-electron chi connectivity index (χ4n) is 3.32. The molecule has 0 aliphatic rings. The smallest absolute Gasteiger partial charge is 0.352 e. The minimum atomic E-state index is -4.54. The van der Waals surface area contributed by atoms with Crippen LogP contribution in [0.1, 0.15) is 33.2 Å². The summed E-state index contributed by atoms with van der Waals surface area (Å²) in [6, 6.07) is 12.7. The molecule has 0 fully saturated rings. The van der Waals surface area contributed by atoms with Gasteiger partial charge in [-0.3, -0.25) is 9.59 Å². The molecule has 7 nitrogen and oxygen atoms in total. The standard InChI is InChI=1S/C23H18F3N5O2/c1-2-27-22(33)18-13-29-31-19(9-10-28-20(18)31)14-5-4-8-17(12-14)30-21(32)15-6-3-7-16(11-15)23(24,25)26/h3-13H,2H2,1H3,(H,27,33)(H,30,32). The van der Waals surface area contributed by atoms with Gasteiger partial charge in [0.2, 0.25) is 0 Å². The molecule has 0 radical (unpaired) electrons. The number of hydrogen-bond acceptors (Lipinski definition) is 4. The molecule has 2 heterocycles. The summed E-state index contributed by atoms with van der Waals surface area (Å²) >= 11 is 0. The highest BCUT2D eigenvalue weighted by molar-refractivity contribution is 6.04. The number of benzene rings is 2. The Bertz CT molecular complexity index is 1350. The third-order valence-corrected chi connectivity index (χ3v) is 4.85. The molecule has 2 N–H and O–H groups in total. The van der Waals surface area contributed by atoms with Crippen LogP contribution >= 0.6 is 0 Å². The Morgan fingerprint density at radius 3 is 2.58 bits per heavy atom. The summed E-state index contributed by atoms with van der Waals surface area (Å²) in [4.78, 5) is 29.0. The Balaban J connectivity index is 1.63. The molecular formula is C23H18F3N5O2. The molecule has 0 aliphatic heterocycles. The molecule has 0 saturated carbocycles. The molecule has 2 amide bonds. The van der Waals surface area contributed by atoms with E-state index in [1.807, 2.05) is 6.92 Å². The number of hydrogen-bond donors (Lipinski definition) is 2. The summed E-state index contributed by atoms with van der Waals surface area (Å²) in [6.45, 7) is 2.27. The summed E-state index contributed by atoms with van der Waals surface area (Å²) < 4.78 is 40.4. The highest BCUT2D eigenvalue weighted by atomic mass is 19.4. The molecule has 0 unspecified atom stereocenters. The van der Waals surface area contributed by atoms with E-state index >= 15 is 0 Å². The van der Waals surface area contributed by atoms with Crippen LogP contribution in [-0.2, 0) is 6.18 Å². The zero-order chi connectivity index (χ0) is 23.6. The minimum Gasteiger partial charge on any atom is -0.352 e. The molecule has 2 aromatic heterocycles. The van der Waals surface area contributed by atoms with E-state index in [4.69, 9.17) is 0 Å². The van der Waals surface area contributed by atoms with Crippen molar-refractivity contribution in [2.45, 2.75) is 13.1 Å². The highest BCUT2D eigenvalue weighted by Gasteiger charge is 2.30. The topological polar surface area (TPSA) is 88.4 Å². The SMILES string of the molecule is CCNC(=O)c1cnn2c(-c3cccc(NC(=O)c4cccc(C(F)(F)F)c4)c3)ccnc12. The number of aromatic nitrogens is 3. The molecule has 0 atom stereocenters. The Morgan fingerprint density at radius 1 is 1.03 bits per heavy atom. The van der Waals surface area contributed by atoms with E-state index in [-0.39, 0.29) is 11.5 Å². The number of nitrogens with one attached hydrogen (secondary N) is 2. The Morgan fingerprint density at radius 2 is 1.82 bits per heavy atom. The van der Waals surface area contributed by atoms with E-state index in [2.05, 4.69) is 20.7 Å². The normalized spacial score (nSPS) is 11.4. The van der Waals surface area contributed by atoms with Crippen molar-refractivity contribution in [1.82, 2.24) is 19.9 Å². The summed E-state index contributed by atoms with van der Waals surface area (Å²) in [5.41, 5.74) is 1.35. The lowest BCUT2D eigenvalue weighted by atomic mass is 10.1. The van der Waals surface area contributed by atoms with Crippen molar-refractivity contribution >= 4 is 23.1 Å². The minimum absolute atomic E-state index is 0.111.